The molecule has 0 rings (SSSR count). The van der Waals surface area contributed by atoms with E-state index in [0.29, 0.717) is 5.41 Å². The molecule has 18 heavy (non-hydrogen) atoms. The van der Waals surface area contributed by atoms with E-state index in [2.05, 4.69) is 46.3 Å². The van der Waals surface area contributed by atoms with Crippen LogP contribution in [0.25, 0.3) is 0 Å². The normalized spacial score (nSPS) is 12.5. The molecule has 0 unspecified atom stereocenters. The van der Waals surface area contributed by atoms with Crippen molar-refractivity contribution in [2.24, 2.45) is 16.2 Å². The average molecular weight is 257 g/mol. The van der Waals surface area contributed by atoms with E-state index in [9.17, 15) is 4.79 Å². The largest absolute Gasteiger partial charge is 0.469 e. The maximum atomic E-state index is 10.8. The second-order valence-electron chi connectivity index (χ2n) is 6.85. The van der Waals surface area contributed by atoms with E-state index in [1.165, 1.54) is 13.5 Å². The molecular weight excluding hydrogens is 224 g/mol. The Bertz CT molecular complexity index is 244. The maximum absolute atomic E-state index is 10.8. The van der Waals surface area contributed by atoms with Crippen LogP contribution in [0.1, 0.15) is 68.2 Å². The highest BCUT2D eigenvalue weighted by molar-refractivity contribution is 5.75. The smallest absolute Gasteiger partial charge is 0.311 e. The minimum atomic E-state index is -0.311. The molecule has 0 radical (unpaired) electrons. The highest BCUT2D eigenvalue weighted by atomic mass is 16.5. The van der Waals surface area contributed by atoms with Crippen LogP contribution in [-0.2, 0) is 9.53 Å². The van der Waals surface area contributed by atoms with Gasteiger partial charge in [0.1, 0.15) is 5.41 Å². The van der Waals surface area contributed by atoms with Gasteiger partial charge in [0.25, 0.3) is 0 Å². The van der Waals surface area contributed by atoms with Gasteiger partial charge >= 0.3 is 5.97 Å². The van der Waals surface area contributed by atoms with Crippen molar-refractivity contribution in [1.82, 2.24) is 0 Å². The fraction of sp³-hybridized carbons (Fsp3) is 0.875. The first kappa shape index (κ1) is 19.7. The molecule has 0 heterocycles. The lowest BCUT2D eigenvalue weighted by Crippen LogP contribution is -2.28. The Hall–Kier alpha value is -0.660. The van der Waals surface area contributed by atoms with Crippen molar-refractivity contribution in [2.45, 2.75) is 68.2 Å². The molecule has 0 saturated carbocycles. The zero-order chi connectivity index (χ0) is 15.2. The second kappa shape index (κ2) is 7.06. The third kappa shape index (κ3) is 6.32. The summed E-state index contributed by atoms with van der Waals surface area (Å²) in [6, 6.07) is 0. The predicted molar refractivity (Wildman–Crippen MR) is 79.3 cm³/mol. The number of methoxy groups -OCH3 is 1. The zero-order valence-electron chi connectivity index (χ0n) is 13.9. The summed E-state index contributed by atoms with van der Waals surface area (Å²) in [4.78, 5) is 10.8. The van der Waals surface area contributed by atoms with Crippen LogP contribution >= 0.6 is 0 Å². The maximum Gasteiger partial charge on any atom is 0.311 e. The van der Waals surface area contributed by atoms with Gasteiger partial charge in [-0.1, -0.05) is 27.7 Å². The van der Waals surface area contributed by atoms with Crippen molar-refractivity contribution in [1.29, 1.82) is 0 Å². The summed E-state index contributed by atoms with van der Waals surface area (Å²) >= 11 is 0. The third-order valence-electron chi connectivity index (χ3n) is 4.34. The Balaban J connectivity index is 0. The Morgan fingerprint density at radius 3 is 1.44 bits per heavy atom. The number of hydrogen-bond acceptors (Lipinski definition) is 2. The number of rotatable bonds is 4. The molecule has 0 N–H and O–H groups in total. The van der Waals surface area contributed by atoms with Crippen LogP contribution in [0.5, 0.6) is 0 Å². The van der Waals surface area contributed by atoms with E-state index in [4.69, 9.17) is 0 Å². The van der Waals surface area contributed by atoms with Crippen molar-refractivity contribution in [3.63, 3.8) is 0 Å². The SMILES string of the molecule is CCC(C)(C)C(=O)OC.[CH2+]C(C)(C)C(C)(C)CC. The zero-order valence-corrected chi connectivity index (χ0v) is 13.9. The Kier molecular flexibility index (Phi) is 7.71. The fourth-order valence-corrected chi connectivity index (χ4v) is 0.899. The van der Waals surface area contributed by atoms with Gasteiger partial charge in [-0.25, -0.2) is 0 Å². The lowest BCUT2D eigenvalue weighted by Gasteiger charge is -2.31. The first-order valence-corrected chi connectivity index (χ1v) is 6.79. The fourth-order valence-electron chi connectivity index (χ4n) is 0.899. The van der Waals surface area contributed by atoms with Crippen LogP contribution in [0.4, 0.5) is 0 Å². The number of esters is 1. The van der Waals surface area contributed by atoms with Crippen LogP contribution in [0.15, 0.2) is 0 Å². The van der Waals surface area contributed by atoms with Gasteiger partial charge in [0.2, 0.25) is 0 Å². The Labute approximate surface area is 114 Å². The molecule has 0 fully saturated rings. The minimum absolute atomic E-state index is 0.134. The molecule has 0 bridgehead atoms. The van der Waals surface area contributed by atoms with Gasteiger partial charge in [-0.3, -0.25) is 4.79 Å². The van der Waals surface area contributed by atoms with Crippen LogP contribution in [0.3, 0.4) is 0 Å². The molecule has 0 saturated heterocycles. The summed E-state index contributed by atoms with van der Waals surface area (Å²) in [7, 11) is 1.42. The molecule has 108 valence electrons. The molecule has 0 aliphatic rings. The molecule has 0 aromatic rings. The quantitative estimate of drug-likeness (QED) is 0.530. The first-order chi connectivity index (χ1) is 7.85. The van der Waals surface area contributed by atoms with Crippen molar-refractivity contribution < 1.29 is 9.53 Å². The van der Waals surface area contributed by atoms with E-state index in [1.807, 2.05) is 20.8 Å². The molecule has 0 spiro atoms. The first-order valence-electron chi connectivity index (χ1n) is 6.79. The van der Waals surface area contributed by atoms with Gasteiger partial charge in [0, 0.05) is 5.41 Å². The number of carbonyl (C=O) groups excluding carboxylic acids is 1. The highest BCUT2D eigenvalue weighted by Gasteiger charge is 2.36. The summed E-state index contributed by atoms with van der Waals surface area (Å²) in [5.74, 6) is -0.134. The summed E-state index contributed by atoms with van der Waals surface area (Å²) in [6.45, 7) is 21.0. The number of carbonyl (C=O) groups is 1. The van der Waals surface area contributed by atoms with Crippen molar-refractivity contribution >= 4 is 5.97 Å². The van der Waals surface area contributed by atoms with Crippen LogP contribution < -0.4 is 0 Å². The van der Waals surface area contributed by atoms with E-state index >= 15 is 0 Å². The molecule has 0 aliphatic heterocycles. The molecule has 0 aromatic carbocycles. The number of ether oxygens (including phenoxy) is 1. The lowest BCUT2D eigenvalue weighted by molar-refractivity contribution is -0.150. The molecule has 0 aromatic heterocycles. The highest BCUT2D eigenvalue weighted by Crippen LogP contribution is 2.39. The standard InChI is InChI=1S/C9H19.C7H14O2/c1-7-9(5,6)8(2,3)4;1-5-7(2,3)6(8)9-4/h2,7H2,1,3-6H3;5H2,1-4H3/q+1;. The van der Waals surface area contributed by atoms with Gasteiger partial charge in [-0.2, -0.15) is 0 Å². The van der Waals surface area contributed by atoms with Crippen molar-refractivity contribution in [3.8, 4) is 0 Å². The van der Waals surface area contributed by atoms with Gasteiger partial charge in [0.05, 0.1) is 19.4 Å². The van der Waals surface area contributed by atoms with Gasteiger partial charge < -0.3 is 4.74 Å². The molecular formula is C16H33O2+. The van der Waals surface area contributed by atoms with Crippen LogP contribution in [-0.4, -0.2) is 13.1 Å². The van der Waals surface area contributed by atoms with Gasteiger partial charge in [0.15, 0.2) is 0 Å². The molecule has 0 atom stereocenters. The predicted octanol–water partition coefficient (Wildman–Crippen LogP) is 4.88. The monoisotopic (exact) mass is 257 g/mol. The van der Waals surface area contributed by atoms with Crippen LogP contribution in [0, 0.1) is 23.2 Å². The van der Waals surface area contributed by atoms with Crippen molar-refractivity contribution in [2.75, 3.05) is 7.11 Å². The summed E-state index contributed by atoms with van der Waals surface area (Å²) in [6.07, 6.45) is 2.02. The number of hydrogen-bond donors (Lipinski definition) is 0. The lowest BCUT2D eigenvalue weighted by atomic mass is 9.68. The topological polar surface area (TPSA) is 26.3 Å². The van der Waals surface area contributed by atoms with E-state index in [-0.39, 0.29) is 16.8 Å². The van der Waals surface area contributed by atoms with E-state index in [0.717, 1.165) is 6.42 Å². The Morgan fingerprint density at radius 2 is 1.39 bits per heavy atom. The Morgan fingerprint density at radius 1 is 1.00 bits per heavy atom. The minimum Gasteiger partial charge on any atom is -0.469 e. The van der Waals surface area contributed by atoms with Gasteiger partial charge in [-0.05, 0) is 40.5 Å². The van der Waals surface area contributed by atoms with Crippen LogP contribution in [0.2, 0.25) is 0 Å². The molecule has 2 heteroatoms. The van der Waals surface area contributed by atoms with E-state index < -0.39 is 0 Å². The summed E-state index contributed by atoms with van der Waals surface area (Å²) < 4.78 is 4.57. The molecule has 0 amide bonds. The molecule has 2 nitrogen and oxygen atoms in total. The van der Waals surface area contributed by atoms with E-state index in [1.54, 1.807) is 0 Å². The average Bonchev–Trinajstić information content (AvgIpc) is 2.27. The third-order valence-corrected chi connectivity index (χ3v) is 4.34. The summed E-state index contributed by atoms with van der Waals surface area (Å²) in [5.41, 5.74) is 0.253. The van der Waals surface area contributed by atoms with Gasteiger partial charge in [-0.15, -0.1) is 0 Å². The second-order valence-corrected chi connectivity index (χ2v) is 6.85. The van der Waals surface area contributed by atoms with Crippen molar-refractivity contribution in [3.05, 3.63) is 6.92 Å². The molecule has 0 aliphatic carbocycles. The summed E-state index contributed by atoms with van der Waals surface area (Å²) in [5, 5.41) is 0.